The van der Waals surface area contributed by atoms with E-state index >= 15 is 0 Å². The fraction of sp³-hybridized carbons (Fsp3) is 0.500. The summed E-state index contributed by atoms with van der Waals surface area (Å²) < 4.78 is 5.47. The Kier molecular flexibility index (Phi) is 2.19. The summed E-state index contributed by atoms with van der Waals surface area (Å²) >= 11 is 0. The number of aromatic nitrogens is 1. The molecule has 3 heteroatoms. The first kappa shape index (κ1) is 8.51. The summed E-state index contributed by atoms with van der Waals surface area (Å²) in [6.45, 7) is 3.97. The van der Waals surface area contributed by atoms with Gasteiger partial charge in [-0.15, -0.1) is 0 Å². The van der Waals surface area contributed by atoms with E-state index in [0.717, 1.165) is 31.2 Å². The summed E-state index contributed by atoms with van der Waals surface area (Å²) in [6.07, 6.45) is 5.14. The molecule has 0 unspecified atom stereocenters. The van der Waals surface area contributed by atoms with E-state index in [1.165, 1.54) is 5.57 Å². The molecule has 70 valence electrons. The van der Waals surface area contributed by atoms with Gasteiger partial charge in [0.2, 0.25) is 0 Å². The Morgan fingerprint density at radius 3 is 3.00 bits per heavy atom. The summed E-state index contributed by atoms with van der Waals surface area (Å²) in [5, 5.41) is 0. The molecule has 0 saturated carbocycles. The normalized spacial score (nSPS) is 18.8. The van der Waals surface area contributed by atoms with E-state index in [2.05, 4.69) is 23.0 Å². The van der Waals surface area contributed by atoms with E-state index in [1.807, 2.05) is 6.92 Å². The average molecular weight is 178 g/mol. The van der Waals surface area contributed by atoms with Crippen LogP contribution in [0.4, 0.5) is 0 Å². The summed E-state index contributed by atoms with van der Waals surface area (Å²) in [5.41, 5.74) is 1.26. The van der Waals surface area contributed by atoms with Gasteiger partial charge >= 0.3 is 0 Å². The summed E-state index contributed by atoms with van der Waals surface area (Å²) in [7, 11) is 2.12. The fourth-order valence-electron chi connectivity index (χ4n) is 1.58. The van der Waals surface area contributed by atoms with Gasteiger partial charge in [-0.3, -0.25) is 0 Å². The third-order valence-corrected chi connectivity index (χ3v) is 2.28. The second kappa shape index (κ2) is 3.34. The topological polar surface area (TPSA) is 29.3 Å². The molecular weight excluding hydrogens is 164 g/mol. The molecule has 2 rings (SSSR count). The minimum atomic E-state index is 0.740. The van der Waals surface area contributed by atoms with E-state index in [4.69, 9.17) is 4.42 Å². The number of hydrogen-bond donors (Lipinski definition) is 0. The number of likely N-dealkylation sites (N-methyl/N-ethyl adjacent to an activating group) is 1. The molecule has 0 amide bonds. The monoisotopic (exact) mass is 178 g/mol. The Morgan fingerprint density at radius 1 is 1.54 bits per heavy atom. The van der Waals surface area contributed by atoms with Gasteiger partial charge in [0.1, 0.15) is 0 Å². The smallest absolute Gasteiger partial charge is 0.191 e. The molecular formula is C10H14N2O. The zero-order chi connectivity index (χ0) is 9.26. The molecule has 1 aliphatic heterocycles. The van der Waals surface area contributed by atoms with Crippen LogP contribution in [0.1, 0.15) is 18.1 Å². The highest BCUT2D eigenvalue weighted by molar-refractivity contribution is 5.62. The summed E-state index contributed by atoms with van der Waals surface area (Å²) in [5.74, 6) is 1.66. The number of oxazole rings is 1. The highest BCUT2D eigenvalue weighted by atomic mass is 16.4. The largest absolute Gasteiger partial charge is 0.441 e. The van der Waals surface area contributed by atoms with Gasteiger partial charge in [-0.25, -0.2) is 4.98 Å². The van der Waals surface area contributed by atoms with Crippen molar-refractivity contribution in [3.63, 3.8) is 0 Å². The van der Waals surface area contributed by atoms with Crippen molar-refractivity contribution in [1.29, 1.82) is 0 Å². The van der Waals surface area contributed by atoms with Crippen molar-refractivity contribution in [2.24, 2.45) is 0 Å². The van der Waals surface area contributed by atoms with E-state index in [-0.39, 0.29) is 0 Å². The molecule has 0 saturated heterocycles. The summed E-state index contributed by atoms with van der Waals surface area (Å²) in [4.78, 5) is 6.38. The van der Waals surface area contributed by atoms with Crippen LogP contribution in [0.2, 0.25) is 0 Å². The quantitative estimate of drug-likeness (QED) is 0.655. The van der Waals surface area contributed by atoms with Crippen LogP contribution in [-0.4, -0.2) is 30.0 Å². The van der Waals surface area contributed by atoms with E-state index in [1.54, 1.807) is 6.20 Å². The van der Waals surface area contributed by atoms with Crippen molar-refractivity contribution in [2.45, 2.75) is 13.3 Å². The first-order chi connectivity index (χ1) is 6.25. The highest BCUT2D eigenvalue weighted by Crippen LogP contribution is 2.20. The Balaban J connectivity index is 2.21. The van der Waals surface area contributed by atoms with Crippen molar-refractivity contribution in [3.05, 3.63) is 23.9 Å². The number of nitrogens with zero attached hydrogens (tertiary/aromatic N) is 2. The minimum Gasteiger partial charge on any atom is -0.441 e. The second-order valence-electron chi connectivity index (χ2n) is 3.50. The third kappa shape index (κ3) is 1.80. The van der Waals surface area contributed by atoms with Gasteiger partial charge in [0.05, 0.1) is 6.20 Å². The predicted octanol–water partition coefficient (Wildman–Crippen LogP) is 1.70. The lowest BCUT2D eigenvalue weighted by molar-refractivity contribution is 0.367. The maximum absolute atomic E-state index is 5.47. The molecule has 0 aromatic carbocycles. The first-order valence-corrected chi connectivity index (χ1v) is 4.56. The van der Waals surface area contributed by atoms with Crippen LogP contribution < -0.4 is 0 Å². The lowest BCUT2D eigenvalue weighted by Gasteiger charge is -2.21. The van der Waals surface area contributed by atoms with Gasteiger partial charge in [-0.2, -0.15) is 0 Å². The van der Waals surface area contributed by atoms with Crippen molar-refractivity contribution in [1.82, 2.24) is 9.88 Å². The van der Waals surface area contributed by atoms with Crippen LogP contribution in [0.5, 0.6) is 0 Å². The Hall–Kier alpha value is -1.09. The lowest BCUT2D eigenvalue weighted by atomic mass is 10.1. The molecule has 1 aliphatic rings. The van der Waals surface area contributed by atoms with Gasteiger partial charge in [0.25, 0.3) is 0 Å². The van der Waals surface area contributed by atoms with Crippen LogP contribution in [0.15, 0.2) is 16.7 Å². The first-order valence-electron chi connectivity index (χ1n) is 4.56. The van der Waals surface area contributed by atoms with Gasteiger partial charge < -0.3 is 9.32 Å². The molecule has 3 nitrogen and oxygen atoms in total. The number of hydrogen-bond acceptors (Lipinski definition) is 3. The predicted molar refractivity (Wildman–Crippen MR) is 51.3 cm³/mol. The molecule has 1 aromatic rings. The van der Waals surface area contributed by atoms with Crippen LogP contribution in [0, 0.1) is 6.92 Å². The number of aryl methyl sites for hydroxylation is 1. The highest BCUT2D eigenvalue weighted by Gasteiger charge is 2.13. The van der Waals surface area contributed by atoms with E-state index in [0.29, 0.717) is 0 Å². The van der Waals surface area contributed by atoms with Crippen LogP contribution >= 0.6 is 0 Å². The Bertz CT molecular complexity index is 327. The zero-order valence-corrected chi connectivity index (χ0v) is 8.08. The van der Waals surface area contributed by atoms with Crippen molar-refractivity contribution >= 4 is 5.57 Å². The molecule has 13 heavy (non-hydrogen) atoms. The Morgan fingerprint density at radius 2 is 2.38 bits per heavy atom. The van der Waals surface area contributed by atoms with Crippen molar-refractivity contribution in [2.75, 3.05) is 20.1 Å². The van der Waals surface area contributed by atoms with Gasteiger partial charge in [0.15, 0.2) is 11.7 Å². The third-order valence-electron chi connectivity index (χ3n) is 2.28. The molecule has 0 fully saturated rings. The van der Waals surface area contributed by atoms with Crippen molar-refractivity contribution in [3.8, 4) is 0 Å². The summed E-state index contributed by atoms with van der Waals surface area (Å²) in [6, 6.07) is 0. The second-order valence-corrected chi connectivity index (χ2v) is 3.50. The van der Waals surface area contributed by atoms with Gasteiger partial charge in [-0.05, 0) is 13.5 Å². The van der Waals surface area contributed by atoms with Crippen molar-refractivity contribution < 1.29 is 4.42 Å². The molecule has 2 heterocycles. The molecule has 0 bridgehead atoms. The SMILES string of the molecule is Cc1ncc(C2=CCCN(C)C2)o1. The standard InChI is InChI=1S/C10H14N2O/c1-8-11-6-10(13-8)9-4-3-5-12(2)7-9/h4,6H,3,5,7H2,1-2H3. The molecule has 0 atom stereocenters. The van der Waals surface area contributed by atoms with E-state index < -0.39 is 0 Å². The molecule has 0 aliphatic carbocycles. The molecule has 0 N–H and O–H groups in total. The Labute approximate surface area is 78.1 Å². The average Bonchev–Trinajstić information content (AvgIpc) is 2.52. The van der Waals surface area contributed by atoms with E-state index in [9.17, 15) is 0 Å². The van der Waals surface area contributed by atoms with Crippen LogP contribution in [0.25, 0.3) is 5.57 Å². The number of rotatable bonds is 1. The zero-order valence-electron chi connectivity index (χ0n) is 8.08. The fourth-order valence-corrected chi connectivity index (χ4v) is 1.58. The molecule has 1 aromatic heterocycles. The molecule has 0 radical (unpaired) electrons. The maximum atomic E-state index is 5.47. The maximum Gasteiger partial charge on any atom is 0.191 e. The van der Waals surface area contributed by atoms with Gasteiger partial charge in [0, 0.05) is 25.6 Å². The van der Waals surface area contributed by atoms with Gasteiger partial charge in [-0.1, -0.05) is 6.08 Å². The minimum absolute atomic E-state index is 0.740. The van der Waals surface area contributed by atoms with Crippen LogP contribution in [-0.2, 0) is 0 Å². The van der Waals surface area contributed by atoms with Crippen LogP contribution in [0.3, 0.4) is 0 Å². The lowest BCUT2D eigenvalue weighted by Crippen LogP contribution is -2.24. The molecule has 0 spiro atoms.